The molecule has 0 aromatic heterocycles. The Morgan fingerprint density at radius 3 is 2.43 bits per heavy atom. The van der Waals surface area contributed by atoms with Gasteiger partial charge in [0.1, 0.15) is 0 Å². The van der Waals surface area contributed by atoms with E-state index in [4.69, 9.17) is 0 Å². The number of rotatable bonds is 6. The van der Waals surface area contributed by atoms with Gasteiger partial charge in [0, 0.05) is 18.0 Å². The first-order valence-corrected chi connectivity index (χ1v) is 8.73. The molecule has 0 radical (unpaired) electrons. The molecule has 1 aliphatic heterocycles. The number of carboxylic acid groups (broad SMARTS) is 1. The van der Waals surface area contributed by atoms with Crippen molar-refractivity contribution in [1.82, 2.24) is 4.90 Å². The number of hydrogen-bond donors (Lipinski definition) is 1. The average molecular weight is 315 g/mol. The first-order valence-electron chi connectivity index (χ1n) is 8.73. The summed E-state index contributed by atoms with van der Waals surface area (Å²) >= 11 is 0. The minimum atomic E-state index is -0.888. The molecule has 1 unspecified atom stereocenters. The van der Waals surface area contributed by atoms with Crippen molar-refractivity contribution >= 4 is 11.8 Å². The van der Waals surface area contributed by atoms with E-state index < -0.39 is 11.9 Å². The Morgan fingerprint density at radius 1 is 1.04 bits per heavy atom. The van der Waals surface area contributed by atoms with Crippen molar-refractivity contribution in [3.8, 4) is 0 Å². The van der Waals surface area contributed by atoms with Gasteiger partial charge >= 0.3 is 5.97 Å². The summed E-state index contributed by atoms with van der Waals surface area (Å²) in [6.45, 7) is 2.53. The largest absolute Gasteiger partial charge is 0.481 e. The highest BCUT2D eigenvalue weighted by Crippen LogP contribution is 2.24. The maximum Gasteiger partial charge on any atom is 0.304 e. The fourth-order valence-corrected chi connectivity index (χ4v) is 3.85. The van der Waals surface area contributed by atoms with Crippen LogP contribution in [0.25, 0.3) is 0 Å². The monoisotopic (exact) mass is 315 g/mol. The van der Waals surface area contributed by atoms with E-state index in [-0.39, 0.29) is 12.2 Å². The third-order valence-corrected chi connectivity index (χ3v) is 5.10. The lowest BCUT2D eigenvalue weighted by Crippen LogP contribution is -2.33. The second-order valence-electron chi connectivity index (χ2n) is 6.86. The summed E-state index contributed by atoms with van der Waals surface area (Å²) in [6, 6.07) is 5.97. The van der Waals surface area contributed by atoms with E-state index in [1.165, 1.54) is 24.0 Å². The van der Waals surface area contributed by atoms with Crippen LogP contribution in [-0.2, 0) is 17.6 Å². The third-order valence-electron chi connectivity index (χ3n) is 5.10. The number of carbonyl (C=O) groups excluding carboxylic acids is 1. The van der Waals surface area contributed by atoms with Crippen molar-refractivity contribution in [3.63, 3.8) is 0 Å². The van der Waals surface area contributed by atoms with Crippen molar-refractivity contribution in [2.24, 2.45) is 5.92 Å². The van der Waals surface area contributed by atoms with Gasteiger partial charge in [-0.3, -0.25) is 9.59 Å². The molecule has 0 saturated carbocycles. The summed E-state index contributed by atoms with van der Waals surface area (Å²) in [4.78, 5) is 26.3. The Bertz CT molecular complexity index is 590. The Morgan fingerprint density at radius 2 is 1.74 bits per heavy atom. The van der Waals surface area contributed by atoms with Crippen LogP contribution in [0, 0.1) is 5.92 Å². The maximum atomic E-state index is 12.9. The van der Waals surface area contributed by atoms with Gasteiger partial charge in [-0.1, -0.05) is 12.1 Å². The summed E-state index contributed by atoms with van der Waals surface area (Å²) in [5.74, 6) is -1.33. The molecule has 0 amide bonds. The second-order valence-corrected chi connectivity index (χ2v) is 6.86. The molecule has 23 heavy (non-hydrogen) atoms. The van der Waals surface area contributed by atoms with E-state index in [0.29, 0.717) is 12.1 Å². The molecular weight excluding hydrogens is 290 g/mol. The minimum absolute atomic E-state index is 0.00678. The van der Waals surface area contributed by atoms with E-state index in [2.05, 4.69) is 11.0 Å². The van der Waals surface area contributed by atoms with Crippen molar-refractivity contribution in [2.75, 3.05) is 19.6 Å². The Hall–Kier alpha value is -1.68. The van der Waals surface area contributed by atoms with Gasteiger partial charge in [0.15, 0.2) is 5.78 Å². The number of ketones is 1. The topological polar surface area (TPSA) is 57.6 Å². The molecule has 1 aromatic carbocycles. The fraction of sp³-hybridized carbons (Fsp3) is 0.579. The molecular formula is C19H25NO3. The van der Waals surface area contributed by atoms with Crippen LogP contribution in [0.2, 0.25) is 0 Å². The van der Waals surface area contributed by atoms with Crippen molar-refractivity contribution in [2.45, 2.75) is 44.9 Å². The van der Waals surface area contributed by atoms with Crippen molar-refractivity contribution < 1.29 is 14.7 Å². The summed E-state index contributed by atoms with van der Waals surface area (Å²) in [6.07, 6.45) is 6.74. The highest BCUT2D eigenvalue weighted by molar-refractivity contribution is 5.99. The second kappa shape index (κ2) is 7.26. The van der Waals surface area contributed by atoms with Crippen molar-refractivity contribution in [1.29, 1.82) is 0 Å². The Labute approximate surface area is 137 Å². The maximum absolute atomic E-state index is 12.9. The standard InChI is InChI=1S/C19H25NO3/c21-18(22)12-17(13-20-9-3-4-10-20)19(23)16-8-7-14-5-1-2-6-15(14)11-16/h7-8,11,17H,1-6,9-10,12-13H2,(H,21,22). The zero-order valence-corrected chi connectivity index (χ0v) is 13.6. The van der Waals surface area contributed by atoms with Gasteiger partial charge in [0.25, 0.3) is 0 Å². The van der Waals surface area contributed by atoms with E-state index >= 15 is 0 Å². The van der Waals surface area contributed by atoms with Crippen LogP contribution < -0.4 is 0 Å². The zero-order valence-electron chi connectivity index (χ0n) is 13.6. The molecule has 0 bridgehead atoms. The molecule has 1 aromatic rings. The van der Waals surface area contributed by atoms with Gasteiger partial charge in [-0.15, -0.1) is 0 Å². The fourth-order valence-electron chi connectivity index (χ4n) is 3.85. The lowest BCUT2D eigenvalue weighted by atomic mass is 9.87. The normalized spacial score (nSPS) is 19.3. The highest BCUT2D eigenvalue weighted by atomic mass is 16.4. The minimum Gasteiger partial charge on any atom is -0.481 e. The lowest BCUT2D eigenvalue weighted by molar-refractivity contribution is -0.137. The molecule has 1 aliphatic carbocycles. The Kier molecular flexibility index (Phi) is 5.11. The number of aryl methyl sites for hydroxylation is 2. The molecule has 1 heterocycles. The third kappa shape index (κ3) is 3.99. The number of carboxylic acids is 1. The molecule has 2 aliphatic rings. The molecule has 3 rings (SSSR count). The number of likely N-dealkylation sites (tertiary alicyclic amines) is 1. The van der Waals surface area contributed by atoms with Crippen molar-refractivity contribution in [3.05, 3.63) is 34.9 Å². The van der Waals surface area contributed by atoms with Gasteiger partial charge in [0.05, 0.1) is 6.42 Å². The van der Waals surface area contributed by atoms with Crippen LogP contribution in [0.4, 0.5) is 0 Å². The summed E-state index contributed by atoms with van der Waals surface area (Å²) in [7, 11) is 0. The smallest absolute Gasteiger partial charge is 0.304 e. The average Bonchev–Trinajstić information content (AvgIpc) is 3.06. The van der Waals surface area contributed by atoms with Crippen LogP contribution in [-0.4, -0.2) is 41.4 Å². The zero-order chi connectivity index (χ0) is 16.2. The predicted molar refractivity (Wildman–Crippen MR) is 88.8 cm³/mol. The molecule has 124 valence electrons. The summed E-state index contributed by atoms with van der Waals surface area (Å²) < 4.78 is 0. The van der Waals surface area contributed by atoms with E-state index in [0.717, 1.165) is 38.8 Å². The summed E-state index contributed by atoms with van der Waals surface area (Å²) in [5, 5.41) is 9.17. The number of nitrogens with zero attached hydrogens (tertiary/aromatic N) is 1. The van der Waals surface area contributed by atoms with Gasteiger partial charge in [-0.25, -0.2) is 0 Å². The van der Waals surface area contributed by atoms with Gasteiger partial charge < -0.3 is 10.0 Å². The van der Waals surface area contributed by atoms with Crippen LogP contribution in [0.15, 0.2) is 18.2 Å². The molecule has 4 heteroatoms. The molecule has 1 atom stereocenters. The molecule has 1 saturated heterocycles. The van der Waals surface area contributed by atoms with Gasteiger partial charge in [-0.05, 0) is 68.8 Å². The van der Waals surface area contributed by atoms with Gasteiger partial charge in [-0.2, -0.15) is 0 Å². The number of Topliss-reactive ketones (excluding diaryl/α,β-unsaturated/α-hetero) is 1. The lowest BCUT2D eigenvalue weighted by Gasteiger charge is -2.22. The molecule has 0 spiro atoms. The highest BCUT2D eigenvalue weighted by Gasteiger charge is 2.27. The molecule has 1 N–H and O–H groups in total. The van der Waals surface area contributed by atoms with Crippen LogP contribution in [0.5, 0.6) is 0 Å². The number of aliphatic carboxylic acids is 1. The predicted octanol–water partition coefficient (Wildman–Crippen LogP) is 2.93. The van der Waals surface area contributed by atoms with Crippen LogP contribution >= 0.6 is 0 Å². The molecule has 4 nitrogen and oxygen atoms in total. The van der Waals surface area contributed by atoms with E-state index in [9.17, 15) is 14.7 Å². The first kappa shape index (κ1) is 16.2. The van der Waals surface area contributed by atoms with Crippen LogP contribution in [0.3, 0.4) is 0 Å². The van der Waals surface area contributed by atoms with E-state index in [1.807, 2.05) is 12.1 Å². The number of hydrogen-bond acceptors (Lipinski definition) is 3. The van der Waals surface area contributed by atoms with E-state index in [1.54, 1.807) is 0 Å². The SMILES string of the molecule is O=C(O)CC(CN1CCCC1)C(=O)c1ccc2c(c1)CCCC2. The number of fused-ring (bicyclic) bond motifs is 1. The molecule has 1 fully saturated rings. The number of benzene rings is 1. The first-order chi connectivity index (χ1) is 11.1. The summed E-state index contributed by atoms with van der Waals surface area (Å²) in [5.41, 5.74) is 3.32. The number of carbonyl (C=O) groups is 2. The van der Waals surface area contributed by atoms with Crippen LogP contribution in [0.1, 0.15) is 53.6 Å². The van der Waals surface area contributed by atoms with Gasteiger partial charge in [0.2, 0.25) is 0 Å². The quantitative estimate of drug-likeness (QED) is 0.820. The Balaban J connectivity index is 1.77.